The molecule has 7 heteroatoms. The van der Waals surface area contributed by atoms with Crippen molar-refractivity contribution in [2.75, 3.05) is 5.75 Å². The number of fused-ring (bicyclic) bond motifs is 1. The van der Waals surface area contributed by atoms with E-state index in [4.69, 9.17) is 4.98 Å². The Morgan fingerprint density at radius 1 is 1.21 bits per heavy atom. The van der Waals surface area contributed by atoms with Crippen LogP contribution in [0.2, 0.25) is 0 Å². The third-order valence-corrected chi connectivity index (χ3v) is 5.42. The van der Waals surface area contributed by atoms with E-state index in [0.717, 1.165) is 35.8 Å². The number of hydrogen-bond donors (Lipinski definition) is 0. The third kappa shape index (κ3) is 2.96. The predicted molar refractivity (Wildman–Crippen MR) is 94.3 cm³/mol. The van der Waals surface area contributed by atoms with Crippen LogP contribution in [-0.2, 0) is 6.54 Å². The molecule has 0 atom stereocenters. The van der Waals surface area contributed by atoms with E-state index in [1.54, 1.807) is 22.8 Å². The number of hydrogen-bond acceptors (Lipinski definition) is 5. The molecular formula is C17H19N5OS. The summed E-state index contributed by atoms with van der Waals surface area (Å²) in [7, 11) is 0. The zero-order valence-electron chi connectivity index (χ0n) is 13.3. The van der Waals surface area contributed by atoms with Crippen molar-refractivity contribution < 1.29 is 0 Å². The Hall–Kier alpha value is -2.15. The number of benzene rings is 1. The van der Waals surface area contributed by atoms with Gasteiger partial charge in [-0.2, -0.15) is 5.10 Å². The lowest BCUT2D eigenvalue weighted by atomic mass is 10.2. The summed E-state index contributed by atoms with van der Waals surface area (Å²) in [5, 5.41) is 5.66. The highest BCUT2D eigenvalue weighted by Gasteiger charge is 2.22. The maximum absolute atomic E-state index is 13.0. The van der Waals surface area contributed by atoms with Crippen molar-refractivity contribution in [1.82, 2.24) is 24.3 Å². The minimum Gasteiger partial charge on any atom is -0.284 e. The van der Waals surface area contributed by atoms with Crippen LogP contribution in [0, 0.1) is 0 Å². The van der Waals surface area contributed by atoms with Gasteiger partial charge in [0, 0.05) is 11.8 Å². The number of rotatable bonds is 5. The summed E-state index contributed by atoms with van der Waals surface area (Å²) >= 11 is 1.62. The Labute approximate surface area is 143 Å². The van der Waals surface area contributed by atoms with Crippen molar-refractivity contribution in [3.05, 3.63) is 47.3 Å². The van der Waals surface area contributed by atoms with Crippen molar-refractivity contribution in [2.45, 2.75) is 43.4 Å². The van der Waals surface area contributed by atoms with Crippen LogP contribution in [0.4, 0.5) is 0 Å². The average molecular weight is 341 g/mol. The molecule has 3 aromatic rings. The van der Waals surface area contributed by atoms with Gasteiger partial charge in [0.25, 0.3) is 5.56 Å². The lowest BCUT2D eigenvalue weighted by Crippen LogP contribution is -2.26. The summed E-state index contributed by atoms with van der Waals surface area (Å²) < 4.78 is 3.73. The minimum absolute atomic E-state index is 0.0933. The van der Waals surface area contributed by atoms with Gasteiger partial charge < -0.3 is 0 Å². The van der Waals surface area contributed by atoms with Crippen LogP contribution in [0.1, 0.15) is 31.7 Å². The van der Waals surface area contributed by atoms with Crippen LogP contribution in [0.25, 0.3) is 10.9 Å². The number of thioether (sulfide) groups is 1. The highest BCUT2D eigenvalue weighted by molar-refractivity contribution is 7.99. The molecular weight excluding hydrogens is 322 g/mol. The van der Waals surface area contributed by atoms with E-state index in [1.165, 1.54) is 19.2 Å². The molecule has 1 fully saturated rings. The van der Waals surface area contributed by atoms with Gasteiger partial charge in [-0.05, 0) is 25.0 Å². The smallest absolute Gasteiger partial charge is 0.262 e. The van der Waals surface area contributed by atoms with Crippen molar-refractivity contribution in [3.8, 4) is 0 Å². The van der Waals surface area contributed by atoms with Crippen molar-refractivity contribution in [1.29, 1.82) is 0 Å². The van der Waals surface area contributed by atoms with Crippen LogP contribution < -0.4 is 5.56 Å². The second-order valence-corrected chi connectivity index (χ2v) is 7.09. The zero-order chi connectivity index (χ0) is 16.4. The standard InChI is InChI=1S/C17H19N5OS/c23-16-14-7-3-4-8-15(14)20-17(22(16)13-5-1-2-6-13)24-10-9-21-12-18-11-19-21/h3-4,7-8,11-13H,1-2,5-6,9-10H2. The molecule has 0 radical (unpaired) electrons. The SMILES string of the molecule is O=c1c2ccccc2nc(SCCn2cncn2)n1C1CCCC1. The summed E-state index contributed by atoms with van der Waals surface area (Å²) in [4.78, 5) is 21.7. The summed E-state index contributed by atoms with van der Waals surface area (Å²) in [5.74, 6) is 0.806. The molecule has 2 aromatic heterocycles. The lowest BCUT2D eigenvalue weighted by Gasteiger charge is -2.18. The Bertz CT molecular complexity index is 884. The Morgan fingerprint density at radius 2 is 2.04 bits per heavy atom. The van der Waals surface area contributed by atoms with Crippen LogP contribution in [-0.4, -0.2) is 30.1 Å². The average Bonchev–Trinajstić information content (AvgIpc) is 3.29. The van der Waals surface area contributed by atoms with Crippen molar-refractivity contribution in [3.63, 3.8) is 0 Å². The highest BCUT2D eigenvalue weighted by atomic mass is 32.2. The fraction of sp³-hybridized carbons (Fsp3) is 0.412. The second-order valence-electron chi connectivity index (χ2n) is 6.03. The zero-order valence-corrected chi connectivity index (χ0v) is 14.2. The lowest BCUT2D eigenvalue weighted by molar-refractivity contribution is 0.457. The van der Waals surface area contributed by atoms with Gasteiger partial charge >= 0.3 is 0 Å². The molecule has 0 spiro atoms. The second kappa shape index (κ2) is 6.76. The van der Waals surface area contributed by atoms with E-state index in [2.05, 4.69) is 10.1 Å². The summed E-state index contributed by atoms with van der Waals surface area (Å²) in [6.07, 6.45) is 7.75. The molecule has 2 heterocycles. The monoisotopic (exact) mass is 341 g/mol. The fourth-order valence-corrected chi connectivity index (χ4v) is 4.29. The number of para-hydroxylation sites is 1. The summed E-state index contributed by atoms with van der Waals surface area (Å²) in [6.45, 7) is 0.748. The minimum atomic E-state index is 0.0933. The van der Waals surface area contributed by atoms with E-state index in [0.29, 0.717) is 5.39 Å². The largest absolute Gasteiger partial charge is 0.284 e. The molecule has 0 amide bonds. The molecule has 124 valence electrons. The van der Waals surface area contributed by atoms with Gasteiger partial charge in [-0.3, -0.25) is 14.0 Å². The van der Waals surface area contributed by atoms with Crippen LogP contribution in [0.3, 0.4) is 0 Å². The molecule has 24 heavy (non-hydrogen) atoms. The molecule has 1 aliphatic rings. The van der Waals surface area contributed by atoms with Gasteiger partial charge in [-0.25, -0.2) is 9.97 Å². The van der Waals surface area contributed by atoms with Gasteiger partial charge in [0.2, 0.25) is 0 Å². The molecule has 0 bridgehead atoms. The van der Waals surface area contributed by atoms with Crippen molar-refractivity contribution in [2.24, 2.45) is 0 Å². The Morgan fingerprint density at radius 3 is 2.83 bits per heavy atom. The predicted octanol–water partition coefficient (Wildman–Crippen LogP) is 2.90. The van der Waals surface area contributed by atoms with E-state index >= 15 is 0 Å². The summed E-state index contributed by atoms with van der Waals surface area (Å²) in [6, 6.07) is 7.90. The van der Waals surface area contributed by atoms with Gasteiger partial charge in [-0.1, -0.05) is 36.7 Å². The topological polar surface area (TPSA) is 65.6 Å². The molecule has 6 nitrogen and oxygen atoms in total. The van der Waals surface area contributed by atoms with E-state index in [1.807, 2.05) is 28.8 Å². The molecule has 1 saturated carbocycles. The van der Waals surface area contributed by atoms with Crippen LogP contribution >= 0.6 is 11.8 Å². The van der Waals surface area contributed by atoms with E-state index in [-0.39, 0.29) is 11.6 Å². The van der Waals surface area contributed by atoms with Gasteiger partial charge in [0.05, 0.1) is 17.4 Å². The van der Waals surface area contributed by atoms with Gasteiger partial charge in [0.15, 0.2) is 5.16 Å². The molecule has 0 aliphatic heterocycles. The van der Waals surface area contributed by atoms with E-state index in [9.17, 15) is 4.79 Å². The van der Waals surface area contributed by atoms with Gasteiger partial charge in [-0.15, -0.1) is 0 Å². The quantitative estimate of drug-likeness (QED) is 0.527. The van der Waals surface area contributed by atoms with Crippen LogP contribution in [0.5, 0.6) is 0 Å². The third-order valence-electron chi connectivity index (χ3n) is 4.48. The first-order valence-electron chi connectivity index (χ1n) is 8.29. The first-order valence-corrected chi connectivity index (χ1v) is 9.28. The van der Waals surface area contributed by atoms with Crippen molar-refractivity contribution >= 4 is 22.7 Å². The van der Waals surface area contributed by atoms with E-state index < -0.39 is 0 Å². The number of aromatic nitrogens is 5. The van der Waals surface area contributed by atoms with Crippen LogP contribution in [0.15, 0.2) is 46.9 Å². The molecule has 0 N–H and O–H groups in total. The first-order chi connectivity index (χ1) is 11.8. The van der Waals surface area contributed by atoms with Gasteiger partial charge in [0.1, 0.15) is 12.7 Å². The molecule has 4 rings (SSSR count). The normalized spacial score (nSPS) is 15.3. The molecule has 0 unspecified atom stereocenters. The fourth-order valence-electron chi connectivity index (χ4n) is 3.29. The Kier molecular flexibility index (Phi) is 4.34. The number of aryl methyl sites for hydroxylation is 1. The molecule has 1 aromatic carbocycles. The molecule has 1 aliphatic carbocycles. The highest BCUT2D eigenvalue weighted by Crippen LogP contribution is 2.32. The Balaban J connectivity index is 1.68. The maximum atomic E-state index is 13.0. The first kappa shape index (κ1) is 15.4. The summed E-state index contributed by atoms with van der Waals surface area (Å²) in [5.41, 5.74) is 0.871. The maximum Gasteiger partial charge on any atom is 0.262 e. The number of nitrogens with zero attached hydrogens (tertiary/aromatic N) is 5. The molecule has 0 saturated heterocycles.